The van der Waals surface area contributed by atoms with Gasteiger partial charge in [0, 0.05) is 24.3 Å². The maximum Gasteiger partial charge on any atom is 0.254 e. The zero-order valence-electron chi connectivity index (χ0n) is 11.3. The van der Waals surface area contributed by atoms with Gasteiger partial charge in [0.15, 0.2) is 0 Å². The van der Waals surface area contributed by atoms with E-state index in [-0.39, 0.29) is 16.7 Å². The van der Waals surface area contributed by atoms with Crippen LogP contribution in [0.2, 0.25) is 5.02 Å². The van der Waals surface area contributed by atoms with Crippen LogP contribution < -0.4 is 5.73 Å². The van der Waals surface area contributed by atoms with Gasteiger partial charge >= 0.3 is 0 Å². The van der Waals surface area contributed by atoms with E-state index in [1.54, 1.807) is 11.0 Å². The average molecular weight is 303 g/mol. The number of amides is 1. The Kier molecular flexibility index (Phi) is 3.47. The van der Waals surface area contributed by atoms with E-state index in [1.807, 2.05) is 18.2 Å². The summed E-state index contributed by atoms with van der Waals surface area (Å²) in [6.07, 6.45) is 0.750. The van der Waals surface area contributed by atoms with Crippen LogP contribution in [0.1, 0.15) is 21.5 Å². The van der Waals surface area contributed by atoms with Crippen LogP contribution in [0.4, 0.5) is 5.69 Å². The van der Waals surface area contributed by atoms with Gasteiger partial charge in [-0.25, -0.2) is 0 Å². The third kappa shape index (κ3) is 2.54. The Morgan fingerprint density at radius 1 is 1.29 bits per heavy atom. The van der Waals surface area contributed by atoms with Crippen molar-refractivity contribution >= 4 is 23.2 Å². The van der Waals surface area contributed by atoms with E-state index in [4.69, 9.17) is 17.3 Å². The average Bonchev–Trinajstić information content (AvgIpc) is 2.49. The molecule has 2 aromatic carbocycles. The molecule has 21 heavy (non-hydrogen) atoms. The molecule has 108 valence electrons. The molecule has 0 saturated carbocycles. The molecule has 1 aliphatic rings. The molecule has 1 amide bonds. The quantitative estimate of drug-likeness (QED) is 0.796. The normalized spacial score (nSPS) is 13.9. The first-order valence-electron chi connectivity index (χ1n) is 6.70. The molecule has 0 radical (unpaired) electrons. The fourth-order valence-corrected chi connectivity index (χ4v) is 2.82. The van der Waals surface area contributed by atoms with E-state index in [0.29, 0.717) is 18.7 Å². The number of anilines is 1. The summed E-state index contributed by atoms with van der Waals surface area (Å²) in [7, 11) is 0. The summed E-state index contributed by atoms with van der Waals surface area (Å²) in [6.45, 7) is 1.16. The summed E-state index contributed by atoms with van der Waals surface area (Å²) in [6, 6.07) is 10.3. The number of fused-ring (bicyclic) bond motifs is 1. The van der Waals surface area contributed by atoms with Crippen molar-refractivity contribution in [2.45, 2.75) is 13.0 Å². The highest BCUT2D eigenvalue weighted by Crippen LogP contribution is 2.27. The zero-order chi connectivity index (χ0) is 15.0. The van der Waals surface area contributed by atoms with Crippen molar-refractivity contribution in [1.29, 1.82) is 0 Å². The summed E-state index contributed by atoms with van der Waals surface area (Å²) in [5, 5.41) is 9.61. The molecular weight excluding hydrogens is 288 g/mol. The molecule has 0 aliphatic carbocycles. The van der Waals surface area contributed by atoms with Gasteiger partial charge in [0.05, 0.1) is 5.02 Å². The summed E-state index contributed by atoms with van der Waals surface area (Å²) >= 11 is 5.86. The van der Waals surface area contributed by atoms with E-state index in [9.17, 15) is 9.90 Å². The number of nitrogens with two attached hydrogens (primary N) is 1. The Morgan fingerprint density at radius 2 is 2.10 bits per heavy atom. The van der Waals surface area contributed by atoms with Crippen LogP contribution in [0.25, 0.3) is 0 Å². The predicted octanol–water partition coefficient (Wildman–Crippen LogP) is 2.83. The van der Waals surface area contributed by atoms with Crippen molar-refractivity contribution in [3.05, 3.63) is 58.1 Å². The van der Waals surface area contributed by atoms with Crippen molar-refractivity contribution in [1.82, 2.24) is 4.90 Å². The van der Waals surface area contributed by atoms with Crippen LogP contribution >= 0.6 is 11.6 Å². The Morgan fingerprint density at radius 3 is 2.86 bits per heavy atom. The summed E-state index contributed by atoms with van der Waals surface area (Å²) < 4.78 is 0. The fourth-order valence-electron chi connectivity index (χ4n) is 2.63. The number of phenolic OH excluding ortho intramolecular Hbond substituents is 1. The maximum absolute atomic E-state index is 12.5. The van der Waals surface area contributed by atoms with Crippen LogP contribution in [0.5, 0.6) is 5.75 Å². The number of benzene rings is 2. The van der Waals surface area contributed by atoms with Gasteiger partial charge in [0.2, 0.25) is 0 Å². The number of hydrogen-bond donors (Lipinski definition) is 2. The van der Waals surface area contributed by atoms with E-state index in [1.165, 1.54) is 12.1 Å². The smallest absolute Gasteiger partial charge is 0.254 e. The minimum atomic E-state index is -0.0926. The van der Waals surface area contributed by atoms with Gasteiger partial charge < -0.3 is 15.7 Å². The van der Waals surface area contributed by atoms with Crippen molar-refractivity contribution < 1.29 is 9.90 Å². The molecule has 0 saturated heterocycles. The largest absolute Gasteiger partial charge is 0.506 e. The zero-order valence-corrected chi connectivity index (χ0v) is 12.1. The second kappa shape index (κ2) is 5.30. The minimum Gasteiger partial charge on any atom is -0.506 e. The second-order valence-corrected chi connectivity index (χ2v) is 5.54. The van der Waals surface area contributed by atoms with Gasteiger partial charge in [-0.3, -0.25) is 4.79 Å². The Hall–Kier alpha value is -2.20. The van der Waals surface area contributed by atoms with E-state index in [0.717, 1.165) is 23.2 Å². The van der Waals surface area contributed by atoms with Crippen LogP contribution in [0.15, 0.2) is 36.4 Å². The molecule has 3 rings (SSSR count). The third-order valence-corrected chi connectivity index (χ3v) is 4.09. The number of nitrogens with zero attached hydrogens (tertiary/aromatic N) is 1. The number of carbonyl (C=O) groups excluding carboxylic acids is 1. The molecule has 1 aliphatic heterocycles. The number of carbonyl (C=O) groups is 1. The lowest BCUT2D eigenvalue weighted by molar-refractivity contribution is 0.0735. The van der Waals surface area contributed by atoms with Gasteiger partial charge in [-0.05, 0) is 41.8 Å². The first-order valence-corrected chi connectivity index (χ1v) is 7.08. The maximum atomic E-state index is 12.5. The highest BCUT2D eigenvalue weighted by Gasteiger charge is 2.23. The standard InChI is InChI=1S/C16H15ClN2O2/c17-13-8-10(4-5-15(13)20)16(21)19-7-6-12-11(9-19)2-1-3-14(12)18/h1-5,8,20H,6-7,9,18H2. The van der Waals surface area contributed by atoms with Crippen LogP contribution in [-0.4, -0.2) is 22.5 Å². The van der Waals surface area contributed by atoms with Crippen LogP contribution in [0, 0.1) is 0 Å². The van der Waals surface area contributed by atoms with Crippen molar-refractivity contribution in [3.63, 3.8) is 0 Å². The highest BCUT2D eigenvalue weighted by molar-refractivity contribution is 6.32. The summed E-state index contributed by atoms with van der Waals surface area (Å²) in [5.41, 5.74) is 9.44. The fraction of sp³-hybridized carbons (Fsp3) is 0.188. The van der Waals surface area contributed by atoms with Gasteiger partial charge in [-0.1, -0.05) is 23.7 Å². The molecule has 0 unspecified atom stereocenters. The number of aromatic hydroxyl groups is 1. The molecule has 0 fully saturated rings. The number of phenols is 1. The van der Waals surface area contributed by atoms with E-state index < -0.39 is 0 Å². The Balaban J connectivity index is 1.85. The topological polar surface area (TPSA) is 66.6 Å². The van der Waals surface area contributed by atoms with Crippen LogP contribution in [-0.2, 0) is 13.0 Å². The number of nitrogen functional groups attached to an aromatic ring is 1. The lowest BCUT2D eigenvalue weighted by Crippen LogP contribution is -2.36. The molecular formula is C16H15ClN2O2. The predicted molar refractivity (Wildman–Crippen MR) is 82.4 cm³/mol. The monoisotopic (exact) mass is 302 g/mol. The summed E-state index contributed by atoms with van der Waals surface area (Å²) in [4.78, 5) is 14.3. The molecule has 2 aromatic rings. The van der Waals surface area contributed by atoms with Gasteiger partial charge in [-0.2, -0.15) is 0 Å². The molecule has 4 nitrogen and oxygen atoms in total. The highest BCUT2D eigenvalue weighted by atomic mass is 35.5. The molecule has 0 bridgehead atoms. The number of rotatable bonds is 1. The molecule has 3 N–H and O–H groups in total. The van der Waals surface area contributed by atoms with Crippen molar-refractivity contribution in [2.24, 2.45) is 0 Å². The SMILES string of the molecule is Nc1cccc2c1CCN(C(=O)c1ccc(O)c(Cl)c1)C2. The second-order valence-electron chi connectivity index (χ2n) is 5.13. The Bertz CT molecular complexity index is 715. The van der Waals surface area contributed by atoms with Gasteiger partial charge in [-0.15, -0.1) is 0 Å². The van der Waals surface area contributed by atoms with Crippen molar-refractivity contribution in [3.8, 4) is 5.75 Å². The third-order valence-electron chi connectivity index (χ3n) is 3.78. The molecule has 0 atom stereocenters. The Labute approximate surface area is 127 Å². The first kappa shape index (κ1) is 13.8. The molecule has 5 heteroatoms. The first-order chi connectivity index (χ1) is 10.1. The summed E-state index contributed by atoms with van der Waals surface area (Å²) in [5.74, 6) is -0.116. The van der Waals surface area contributed by atoms with E-state index in [2.05, 4.69) is 0 Å². The van der Waals surface area contributed by atoms with Gasteiger partial charge in [0.25, 0.3) is 5.91 Å². The lowest BCUT2D eigenvalue weighted by atomic mass is 9.97. The van der Waals surface area contributed by atoms with Gasteiger partial charge in [0.1, 0.15) is 5.75 Å². The van der Waals surface area contributed by atoms with Crippen LogP contribution in [0.3, 0.4) is 0 Å². The number of hydrogen-bond acceptors (Lipinski definition) is 3. The molecule has 1 heterocycles. The molecule has 0 spiro atoms. The van der Waals surface area contributed by atoms with E-state index >= 15 is 0 Å². The number of halogens is 1. The van der Waals surface area contributed by atoms with Crippen molar-refractivity contribution in [2.75, 3.05) is 12.3 Å². The molecule has 0 aromatic heterocycles. The lowest BCUT2D eigenvalue weighted by Gasteiger charge is -2.29. The minimum absolute atomic E-state index is 0.0232.